The standard InChI is InChI=1S/C17H12N4OS3/c18-14-13(25-17(23)21(14)10-6-2-1-3-7-10)15(22)20-16-19-11-8-4-5-9-12(11)24-16/h1-9H,18H2,(H,19,20,22). The number of hydrogen-bond acceptors (Lipinski definition) is 6. The van der Waals surface area contributed by atoms with Gasteiger partial charge in [0.25, 0.3) is 5.91 Å². The molecule has 0 saturated heterocycles. The van der Waals surface area contributed by atoms with Crippen molar-refractivity contribution >= 4 is 62.0 Å². The quantitative estimate of drug-likeness (QED) is 0.502. The first kappa shape index (κ1) is 15.9. The van der Waals surface area contributed by atoms with Crippen molar-refractivity contribution in [2.75, 3.05) is 11.1 Å². The van der Waals surface area contributed by atoms with Gasteiger partial charge in [0, 0.05) is 5.69 Å². The Labute approximate surface area is 156 Å². The third kappa shape index (κ3) is 2.95. The van der Waals surface area contributed by atoms with Gasteiger partial charge in [0.2, 0.25) is 0 Å². The summed E-state index contributed by atoms with van der Waals surface area (Å²) in [7, 11) is 0. The summed E-state index contributed by atoms with van der Waals surface area (Å²) in [5.41, 5.74) is 7.88. The third-order valence-electron chi connectivity index (χ3n) is 3.58. The van der Waals surface area contributed by atoms with E-state index < -0.39 is 0 Å². The lowest BCUT2D eigenvalue weighted by atomic mass is 10.3. The van der Waals surface area contributed by atoms with Crippen molar-refractivity contribution < 1.29 is 4.79 Å². The van der Waals surface area contributed by atoms with Gasteiger partial charge in [0.05, 0.1) is 10.2 Å². The van der Waals surface area contributed by atoms with Crippen LogP contribution in [0.15, 0.2) is 54.6 Å². The number of nitrogens with one attached hydrogen (secondary N) is 1. The molecule has 0 atom stereocenters. The summed E-state index contributed by atoms with van der Waals surface area (Å²) in [5.74, 6) is 0.0298. The van der Waals surface area contributed by atoms with E-state index in [1.807, 2.05) is 54.6 Å². The number of rotatable bonds is 3. The Morgan fingerprint density at radius 2 is 1.80 bits per heavy atom. The van der Waals surface area contributed by atoms with Gasteiger partial charge < -0.3 is 5.73 Å². The van der Waals surface area contributed by atoms with Crippen LogP contribution in [-0.4, -0.2) is 15.5 Å². The Hall–Kier alpha value is -2.55. The Balaban J connectivity index is 1.68. The molecule has 8 heteroatoms. The van der Waals surface area contributed by atoms with Crippen LogP contribution in [0.3, 0.4) is 0 Å². The van der Waals surface area contributed by atoms with E-state index in [4.69, 9.17) is 18.0 Å². The molecule has 4 rings (SSSR count). The van der Waals surface area contributed by atoms with Gasteiger partial charge >= 0.3 is 0 Å². The molecule has 0 bridgehead atoms. The molecule has 0 radical (unpaired) electrons. The zero-order chi connectivity index (χ0) is 17.4. The van der Waals surface area contributed by atoms with Crippen molar-refractivity contribution in [3.05, 3.63) is 63.4 Å². The van der Waals surface area contributed by atoms with Crippen molar-refractivity contribution in [1.82, 2.24) is 9.55 Å². The number of benzene rings is 2. The Kier molecular flexibility index (Phi) is 4.08. The molecule has 0 aliphatic carbocycles. The molecule has 0 aliphatic heterocycles. The summed E-state index contributed by atoms with van der Waals surface area (Å²) >= 11 is 8.00. The number of carbonyl (C=O) groups is 1. The van der Waals surface area contributed by atoms with Crippen molar-refractivity contribution in [2.24, 2.45) is 0 Å². The van der Waals surface area contributed by atoms with Gasteiger partial charge in [-0.05, 0) is 36.5 Å². The number of nitrogen functional groups attached to an aromatic ring is 1. The number of para-hydroxylation sites is 2. The monoisotopic (exact) mass is 384 g/mol. The highest BCUT2D eigenvalue weighted by Crippen LogP contribution is 2.29. The highest BCUT2D eigenvalue weighted by atomic mass is 32.1. The van der Waals surface area contributed by atoms with E-state index >= 15 is 0 Å². The summed E-state index contributed by atoms with van der Waals surface area (Å²) < 4.78 is 3.24. The molecule has 0 unspecified atom stereocenters. The molecule has 2 aromatic carbocycles. The second-order valence-electron chi connectivity index (χ2n) is 5.19. The number of thiazole rings is 2. The topological polar surface area (TPSA) is 72.9 Å². The van der Waals surface area contributed by atoms with Crippen LogP contribution in [0.25, 0.3) is 15.9 Å². The Morgan fingerprint density at radius 1 is 1.08 bits per heavy atom. The first-order valence-electron chi connectivity index (χ1n) is 7.37. The minimum atomic E-state index is -0.303. The lowest BCUT2D eigenvalue weighted by Gasteiger charge is -2.05. The van der Waals surface area contributed by atoms with E-state index in [1.165, 1.54) is 22.7 Å². The number of aromatic nitrogens is 2. The predicted molar refractivity (Wildman–Crippen MR) is 106 cm³/mol. The normalized spacial score (nSPS) is 10.9. The van der Waals surface area contributed by atoms with E-state index in [2.05, 4.69) is 10.3 Å². The number of carbonyl (C=O) groups excluding carboxylic acids is 1. The predicted octanol–water partition coefficient (Wildman–Crippen LogP) is 4.71. The lowest BCUT2D eigenvalue weighted by Crippen LogP contribution is -2.13. The second kappa shape index (κ2) is 6.40. The summed E-state index contributed by atoms with van der Waals surface area (Å²) in [6.45, 7) is 0. The van der Waals surface area contributed by atoms with Crippen LogP contribution < -0.4 is 11.1 Å². The number of amides is 1. The van der Waals surface area contributed by atoms with Gasteiger partial charge in [-0.15, -0.1) is 0 Å². The Morgan fingerprint density at radius 3 is 2.56 bits per heavy atom. The number of anilines is 2. The fourth-order valence-electron chi connectivity index (χ4n) is 2.45. The van der Waals surface area contributed by atoms with Gasteiger partial charge in [0.1, 0.15) is 10.7 Å². The molecule has 4 aromatic rings. The molecule has 1 amide bonds. The molecular formula is C17H12N4OS3. The molecule has 124 valence electrons. The van der Waals surface area contributed by atoms with Gasteiger partial charge in [-0.2, -0.15) is 0 Å². The highest BCUT2D eigenvalue weighted by Gasteiger charge is 2.19. The maximum Gasteiger partial charge on any atom is 0.271 e. The first-order chi connectivity index (χ1) is 12.1. The molecule has 0 fully saturated rings. The molecule has 0 aliphatic rings. The van der Waals surface area contributed by atoms with Gasteiger partial charge in [-0.1, -0.05) is 53.0 Å². The summed E-state index contributed by atoms with van der Waals surface area (Å²) in [5, 5.41) is 3.36. The molecule has 25 heavy (non-hydrogen) atoms. The van der Waals surface area contributed by atoms with Crippen molar-refractivity contribution in [3.8, 4) is 5.69 Å². The maximum absolute atomic E-state index is 12.6. The van der Waals surface area contributed by atoms with Crippen molar-refractivity contribution in [2.45, 2.75) is 0 Å². The summed E-state index contributed by atoms with van der Waals surface area (Å²) in [6.07, 6.45) is 0. The van der Waals surface area contributed by atoms with Crippen LogP contribution in [0.2, 0.25) is 0 Å². The fraction of sp³-hybridized carbons (Fsp3) is 0. The fourth-order valence-corrected chi connectivity index (χ4v) is 4.57. The van der Waals surface area contributed by atoms with E-state index in [1.54, 1.807) is 4.57 Å². The lowest BCUT2D eigenvalue weighted by molar-refractivity contribution is 0.103. The van der Waals surface area contributed by atoms with E-state index in [0.717, 1.165) is 15.9 Å². The van der Waals surface area contributed by atoms with Crippen LogP contribution in [0.5, 0.6) is 0 Å². The maximum atomic E-state index is 12.6. The molecule has 2 aromatic heterocycles. The van der Waals surface area contributed by atoms with Crippen molar-refractivity contribution in [1.29, 1.82) is 0 Å². The van der Waals surface area contributed by atoms with Crippen LogP contribution >= 0.6 is 34.9 Å². The van der Waals surface area contributed by atoms with E-state index in [9.17, 15) is 4.79 Å². The van der Waals surface area contributed by atoms with Gasteiger partial charge in [-0.25, -0.2) is 4.98 Å². The smallest absolute Gasteiger partial charge is 0.271 e. The zero-order valence-electron chi connectivity index (χ0n) is 12.8. The van der Waals surface area contributed by atoms with E-state index in [0.29, 0.717) is 19.8 Å². The van der Waals surface area contributed by atoms with Gasteiger partial charge in [0.15, 0.2) is 9.09 Å². The average Bonchev–Trinajstić information content (AvgIpc) is 3.15. The Bertz CT molecular complexity index is 1090. The van der Waals surface area contributed by atoms with Crippen LogP contribution in [0.4, 0.5) is 10.9 Å². The van der Waals surface area contributed by atoms with Crippen LogP contribution in [-0.2, 0) is 0 Å². The minimum Gasteiger partial charge on any atom is -0.383 e. The largest absolute Gasteiger partial charge is 0.383 e. The molecule has 5 nitrogen and oxygen atoms in total. The van der Waals surface area contributed by atoms with E-state index in [-0.39, 0.29) is 5.91 Å². The van der Waals surface area contributed by atoms with Crippen molar-refractivity contribution in [3.63, 3.8) is 0 Å². The zero-order valence-corrected chi connectivity index (χ0v) is 15.3. The minimum absolute atomic E-state index is 0.303. The van der Waals surface area contributed by atoms with Gasteiger partial charge in [-0.3, -0.25) is 14.7 Å². The molecular weight excluding hydrogens is 372 g/mol. The summed E-state index contributed by atoms with van der Waals surface area (Å²) in [4.78, 5) is 17.4. The number of nitrogens with zero attached hydrogens (tertiary/aromatic N) is 2. The molecule has 3 N–H and O–H groups in total. The van der Waals surface area contributed by atoms with Crippen LogP contribution in [0.1, 0.15) is 9.67 Å². The number of fused-ring (bicyclic) bond motifs is 1. The molecule has 0 saturated carbocycles. The van der Waals surface area contributed by atoms with Crippen LogP contribution in [0, 0.1) is 3.95 Å². The number of nitrogens with two attached hydrogens (primary N) is 1. The molecule has 0 spiro atoms. The average molecular weight is 385 g/mol. The highest BCUT2D eigenvalue weighted by molar-refractivity contribution is 7.73. The summed E-state index contributed by atoms with van der Waals surface area (Å²) in [6, 6.07) is 17.2. The SMILES string of the molecule is Nc1c(C(=O)Nc2nc3ccccc3s2)sc(=S)n1-c1ccccc1. The third-order valence-corrected chi connectivity index (χ3v) is 5.92. The number of hydrogen-bond donors (Lipinski definition) is 2. The second-order valence-corrected chi connectivity index (χ2v) is 7.87. The molecule has 2 heterocycles. The first-order valence-corrected chi connectivity index (χ1v) is 9.41.